The molecule has 1 aromatic carbocycles. The molecule has 1 atom stereocenters. The van der Waals surface area contributed by atoms with Crippen molar-refractivity contribution in [1.82, 2.24) is 5.32 Å². The Morgan fingerprint density at radius 2 is 1.71 bits per heavy atom. The Hall–Kier alpha value is -0.530. The quantitative estimate of drug-likeness (QED) is 0.735. The normalized spacial score (nSPS) is 13.0. The van der Waals surface area contributed by atoms with Gasteiger partial charge < -0.3 is 5.32 Å². The molecule has 17 heavy (non-hydrogen) atoms. The molecule has 0 radical (unpaired) electrons. The van der Waals surface area contributed by atoms with Gasteiger partial charge in [0, 0.05) is 11.1 Å². The highest BCUT2D eigenvalue weighted by molar-refractivity contribution is 6.31. The third kappa shape index (κ3) is 4.01. The fraction of sp³-hybridized carbons (Fsp3) is 0.600. The topological polar surface area (TPSA) is 12.0 Å². The first-order chi connectivity index (χ1) is 8.24. The zero-order chi connectivity index (χ0) is 12.7. The maximum absolute atomic E-state index is 6.30. The molecule has 0 bridgehead atoms. The van der Waals surface area contributed by atoms with Crippen molar-refractivity contribution >= 4 is 11.6 Å². The van der Waals surface area contributed by atoms with E-state index in [1.54, 1.807) is 0 Å². The third-order valence-electron chi connectivity index (χ3n) is 3.34. The minimum Gasteiger partial charge on any atom is -0.313 e. The standard InChI is InChI=1S/C15H24ClN/c1-4-8-12(9-5-2)15(17-3)13-10-6-7-11-14(13)16/h6-7,10-12,15,17H,4-5,8-9H2,1-3H3. The Kier molecular flexibility index (Phi) is 6.61. The predicted molar refractivity (Wildman–Crippen MR) is 76.6 cm³/mol. The van der Waals surface area contributed by atoms with E-state index in [1.807, 2.05) is 19.2 Å². The summed E-state index contributed by atoms with van der Waals surface area (Å²) in [4.78, 5) is 0. The largest absolute Gasteiger partial charge is 0.313 e. The lowest BCUT2D eigenvalue weighted by Gasteiger charge is -2.27. The first-order valence-electron chi connectivity index (χ1n) is 6.66. The minimum atomic E-state index is 0.378. The Labute approximate surface area is 111 Å². The van der Waals surface area contributed by atoms with Gasteiger partial charge in [-0.15, -0.1) is 0 Å². The lowest BCUT2D eigenvalue weighted by atomic mass is 9.86. The van der Waals surface area contributed by atoms with Crippen LogP contribution in [0.5, 0.6) is 0 Å². The summed E-state index contributed by atoms with van der Waals surface area (Å²) < 4.78 is 0. The minimum absolute atomic E-state index is 0.378. The SMILES string of the molecule is CCCC(CCC)C(NC)c1ccccc1Cl. The van der Waals surface area contributed by atoms with Crippen molar-refractivity contribution in [2.75, 3.05) is 7.05 Å². The molecular weight excluding hydrogens is 230 g/mol. The summed E-state index contributed by atoms with van der Waals surface area (Å²) in [6.45, 7) is 4.50. The Morgan fingerprint density at radius 1 is 1.12 bits per heavy atom. The molecule has 0 saturated heterocycles. The molecule has 1 nitrogen and oxygen atoms in total. The van der Waals surface area contributed by atoms with Crippen molar-refractivity contribution in [2.45, 2.75) is 45.6 Å². The number of nitrogens with one attached hydrogen (secondary N) is 1. The van der Waals surface area contributed by atoms with Crippen molar-refractivity contribution in [3.05, 3.63) is 34.9 Å². The number of halogens is 1. The smallest absolute Gasteiger partial charge is 0.0453 e. The van der Waals surface area contributed by atoms with E-state index in [-0.39, 0.29) is 0 Å². The van der Waals surface area contributed by atoms with Crippen molar-refractivity contribution in [2.24, 2.45) is 5.92 Å². The van der Waals surface area contributed by atoms with Gasteiger partial charge in [-0.05, 0) is 37.4 Å². The molecule has 1 unspecified atom stereocenters. The van der Waals surface area contributed by atoms with Crippen molar-refractivity contribution in [1.29, 1.82) is 0 Å². The first kappa shape index (κ1) is 14.5. The molecule has 0 aliphatic heterocycles. The van der Waals surface area contributed by atoms with Crippen LogP contribution in [0, 0.1) is 5.92 Å². The summed E-state index contributed by atoms with van der Waals surface area (Å²) in [7, 11) is 2.03. The molecule has 1 rings (SSSR count). The third-order valence-corrected chi connectivity index (χ3v) is 3.69. The van der Waals surface area contributed by atoms with Crippen LogP contribution < -0.4 is 5.32 Å². The molecule has 0 amide bonds. The van der Waals surface area contributed by atoms with E-state index in [9.17, 15) is 0 Å². The Morgan fingerprint density at radius 3 is 2.18 bits per heavy atom. The van der Waals surface area contributed by atoms with Crippen LogP contribution in [0.15, 0.2) is 24.3 Å². The molecule has 1 N–H and O–H groups in total. The van der Waals surface area contributed by atoms with Gasteiger partial charge in [0.2, 0.25) is 0 Å². The summed E-state index contributed by atoms with van der Waals surface area (Å²) in [5.74, 6) is 0.676. The average molecular weight is 254 g/mol. The lowest BCUT2D eigenvalue weighted by molar-refractivity contribution is 0.331. The van der Waals surface area contributed by atoms with E-state index in [2.05, 4.69) is 31.3 Å². The van der Waals surface area contributed by atoms with Crippen LogP contribution in [0.25, 0.3) is 0 Å². The summed E-state index contributed by atoms with van der Waals surface area (Å²) in [5, 5.41) is 4.32. The molecular formula is C15H24ClN. The first-order valence-corrected chi connectivity index (χ1v) is 7.04. The van der Waals surface area contributed by atoms with Crippen LogP contribution in [-0.4, -0.2) is 7.05 Å². The number of hydrogen-bond acceptors (Lipinski definition) is 1. The molecule has 0 saturated carbocycles. The zero-order valence-electron chi connectivity index (χ0n) is 11.2. The second kappa shape index (κ2) is 7.73. The van der Waals surface area contributed by atoms with Gasteiger partial charge in [-0.3, -0.25) is 0 Å². The van der Waals surface area contributed by atoms with Crippen LogP contribution in [0.1, 0.15) is 51.1 Å². The van der Waals surface area contributed by atoms with Crippen LogP contribution in [0.3, 0.4) is 0 Å². The van der Waals surface area contributed by atoms with Gasteiger partial charge in [0.15, 0.2) is 0 Å². The second-order valence-electron chi connectivity index (χ2n) is 4.63. The molecule has 0 aromatic heterocycles. The number of benzene rings is 1. The molecule has 0 fully saturated rings. The summed E-state index contributed by atoms with van der Waals surface area (Å²) in [5.41, 5.74) is 1.24. The van der Waals surface area contributed by atoms with E-state index < -0.39 is 0 Å². The van der Waals surface area contributed by atoms with E-state index in [1.165, 1.54) is 31.2 Å². The van der Waals surface area contributed by atoms with Gasteiger partial charge in [-0.2, -0.15) is 0 Å². The van der Waals surface area contributed by atoms with Crippen LogP contribution in [0.4, 0.5) is 0 Å². The molecule has 2 heteroatoms. The highest BCUT2D eigenvalue weighted by Crippen LogP contribution is 2.33. The van der Waals surface area contributed by atoms with Crippen molar-refractivity contribution in [3.63, 3.8) is 0 Å². The Bertz CT molecular complexity index is 318. The van der Waals surface area contributed by atoms with E-state index in [4.69, 9.17) is 11.6 Å². The van der Waals surface area contributed by atoms with Crippen LogP contribution >= 0.6 is 11.6 Å². The highest BCUT2D eigenvalue weighted by Gasteiger charge is 2.21. The second-order valence-corrected chi connectivity index (χ2v) is 5.03. The molecule has 96 valence electrons. The molecule has 1 aromatic rings. The van der Waals surface area contributed by atoms with Gasteiger partial charge in [-0.1, -0.05) is 56.5 Å². The maximum atomic E-state index is 6.30. The van der Waals surface area contributed by atoms with Crippen LogP contribution in [0.2, 0.25) is 5.02 Å². The fourth-order valence-corrected chi connectivity index (χ4v) is 2.84. The molecule has 0 aliphatic carbocycles. The van der Waals surface area contributed by atoms with E-state index >= 15 is 0 Å². The van der Waals surface area contributed by atoms with Gasteiger partial charge >= 0.3 is 0 Å². The molecule has 0 heterocycles. The maximum Gasteiger partial charge on any atom is 0.0453 e. The monoisotopic (exact) mass is 253 g/mol. The van der Waals surface area contributed by atoms with Gasteiger partial charge in [0.25, 0.3) is 0 Å². The Balaban J connectivity index is 2.91. The van der Waals surface area contributed by atoms with Gasteiger partial charge in [-0.25, -0.2) is 0 Å². The predicted octanol–water partition coefficient (Wildman–Crippen LogP) is 4.82. The zero-order valence-corrected chi connectivity index (χ0v) is 11.9. The summed E-state index contributed by atoms with van der Waals surface area (Å²) in [6.07, 6.45) is 4.97. The van der Waals surface area contributed by atoms with Crippen molar-refractivity contribution in [3.8, 4) is 0 Å². The number of hydrogen-bond donors (Lipinski definition) is 1. The molecule has 0 spiro atoms. The van der Waals surface area contributed by atoms with E-state index in [0.717, 1.165) is 5.02 Å². The van der Waals surface area contributed by atoms with Crippen LogP contribution in [-0.2, 0) is 0 Å². The summed E-state index contributed by atoms with van der Waals surface area (Å²) in [6, 6.07) is 8.56. The molecule has 0 aliphatic rings. The lowest BCUT2D eigenvalue weighted by Crippen LogP contribution is -2.25. The average Bonchev–Trinajstić information content (AvgIpc) is 2.33. The van der Waals surface area contributed by atoms with E-state index in [0.29, 0.717) is 12.0 Å². The highest BCUT2D eigenvalue weighted by atomic mass is 35.5. The number of rotatable bonds is 7. The van der Waals surface area contributed by atoms with Gasteiger partial charge in [0.05, 0.1) is 0 Å². The summed E-state index contributed by atoms with van der Waals surface area (Å²) >= 11 is 6.30. The van der Waals surface area contributed by atoms with Crippen molar-refractivity contribution < 1.29 is 0 Å². The van der Waals surface area contributed by atoms with Gasteiger partial charge in [0.1, 0.15) is 0 Å². The fourth-order valence-electron chi connectivity index (χ4n) is 2.59.